The maximum absolute atomic E-state index is 11.5. The second-order valence-electron chi connectivity index (χ2n) is 5.61. The van der Waals surface area contributed by atoms with Gasteiger partial charge >= 0.3 is 0 Å². The minimum atomic E-state index is 0.0147. The van der Waals surface area contributed by atoms with Gasteiger partial charge in [-0.25, -0.2) is 9.97 Å². The second-order valence-corrected chi connectivity index (χ2v) is 5.61. The van der Waals surface area contributed by atoms with E-state index in [2.05, 4.69) is 20.3 Å². The van der Waals surface area contributed by atoms with Crippen LogP contribution in [0.2, 0.25) is 0 Å². The van der Waals surface area contributed by atoms with Crippen molar-refractivity contribution >= 4 is 11.9 Å². The summed E-state index contributed by atoms with van der Waals surface area (Å²) in [6.07, 6.45) is 9.16. The summed E-state index contributed by atoms with van der Waals surface area (Å²) in [5.74, 6) is 1.11. The van der Waals surface area contributed by atoms with Crippen LogP contribution in [0.5, 0.6) is 0 Å². The highest BCUT2D eigenvalue weighted by Gasteiger charge is 2.30. The first-order valence-electron chi connectivity index (χ1n) is 7.46. The highest BCUT2D eigenvalue weighted by Crippen LogP contribution is 2.43. The first kappa shape index (κ1) is 13.1. The van der Waals surface area contributed by atoms with E-state index >= 15 is 0 Å². The van der Waals surface area contributed by atoms with Gasteiger partial charge < -0.3 is 10.2 Å². The predicted octanol–water partition coefficient (Wildman–Crippen LogP) is 0.747. The molecule has 2 aliphatic rings. The van der Waals surface area contributed by atoms with Crippen molar-refractivity contribution in [2.45, 2.75) is 18.8 Å². The molecule has 3 heterocycles. The molecule has 1 saturated heterocycles. The van der Waals surface area contributed by atoms with Gasteiger partial charge in [-0.2, -0.15) is 0 Å². The molecule has 0 atom stereocenters. The number of carbonyl (C=O) groups is 1. The Kier molecular flexibility index (Phi) is 3.17. The van der Waals surface area contributed by atoms with Crippen LogP contribution in [0.3, 0.4) is 0 Å². The average Bonchev–Trinajstić information content (AvgIpc) is 3.40. The Labute approximate surface area is 127 Å². The quantitative estimate of drug-likeness (QED) is 0.899. The van der Waals surface area contributed by atoms with Gasteiger partial charge in [-0.05, 0) is 12.8 Å². The van der Waals surface area contributed by atoms with Gasteiger partial charge in [0.05, 0.1) is 24.1 Å². The lowest BCUT2D eigenvalue weighted by Gasteiger charge is -2.27. The van der Waals surface area contributed by atoms with E-state index in [-0.39, 0.29) is 5.91 Å². The summed E-state index contributed by atoms with van der Waals surface area (Å²) in [7, 11) is 0. The van der Waals surface area contributed by atoms with Crippen LogP contribution < -0.4 is 10.2 Å². The van der Waals surface area contributed by atoms with Crippen molar-refractivity contribution in [1.29, 1.82) is 0 Å². The van der Waals surface area contributed by atoms with Crippen molar-refractivity contribution in [2.75, 3.05) is 24.5 Å². The fourth-order valence-electron chi connectivity index (χ4n) is 2.65. The number of amides is 1. The van der Waals surface area contributed by atoms with Gasteiger partial charge in [-0.1, -0.05) is 0 Å². The molecule has 4 rings (SSSR count). The minimum absolute atomic E-state index is 0.0147. The van der Waals surface area contributed by atoms with E-state index < -0.39 is 0 Å². The fourth-order valence-corrected chi connectivity index (χ4v) is 2.65. The van der Waals surface area contributed by atoms with Crippen LogP contribution in [-0.2, 0) is 4.79 Å². The molecule has 2 fully saturated rings. The van der Waals surface area contributed by atoms with E-state index in [0.29, 0.717) is 25.0 Å². The summed E-state index contributed by atoms with van der Waals surface area (Å²) in [6, 6.07) is 0. The summed E-state index contributed by atoms with van der Waals surface area (Å²) in [4.78, 5) is 31.1. The van der Waals surface area contributed by atoms with Gasteiger partial charge in [0.15, 0.2) is 0 Å². The lowest BCUT2D eigenvalue weighted by atomic mass is 10.1. The van der Waals surface area contributed by atoms with Crippen molar-refractivity contribution in [3.8, 4) is 11.3 Å². The Bertz CT molecular complexity index is 700. The van der Waals surface area contributed by atoms with E-state index in [0.717, 1.165) is 36.3 Å². The molecule has 0 unspecified atom stereocenters. The maximum Gasteiger partial charge on any atom is 0.239 e. The highest BCUT2D eigenvalue weighted by molar-refractivity contribution is 5.82. The molecule has 112 valence electrons. The standard InChI is InChI=1S/C15H16N6O/c22-13-9-21(6-5-18-13)15-19-7-11(12-8-16-3-4-17-12)14(20-15)10-1-2-10/h3-4,7-8,10H,1-2,5-6,9H2,(H,18,22). The minimum Gasteiger partial charge on any atom is -0.353 e. The number of aromatic nitrogens is 4. The lowest BCUT2D eigenvalue weighted by Crippen LogP contribution is -2.48. The number of carbonyl (C=O) groups excluding carboxylic acids is 1. The monoisotopic (exact) mass is 296 g/mol. The molecular formula is C15H16N6O. The zero-order chi connectivity index (χ0) is 14.9. The van der Waals surface area contributed by atoms with E-state index in [4.69, 9.17) is 4.98 Å². The molecule has 1 N–H and O–H groups in total. The molecule has 7 nitrogen and oxygen atoms in total. The predicted molar refractivity (Wildman–Crippen MR) is 80.3 cm³/mol. The molecule has 0 spiro atoms. The Morgan fingerprint density at radius 2 is 2.09 bits per heavy atom. The SMILES string of the molecule is O=C1CN(c2ncc(-c3cnccn3)c(C3CC3)n2)CCN1. The molecule has 1 saturated carbocycles. The van der Waals surface area contributed by atoms with Gasteiger partial charge in [0.1, 0.15) is 0 Å². The molecule has 1 aliphatic heterocycles. The van der Waals surface area contributed by atoms with Crippen molar-refractivity contribution in [2.24, 2.45) is 0 Å². The van der Waals surface area contributed by atoms with Crippen molar-refractivity contribution in [3.63, 3.8) is 0 Å². The number of hydrogen-bond acceptors (Lipinski definition) is 6. The third-order valence-corrected chi connectivity index (χ3v) is 3.93. The van der Waals surface area contributed by atoms with Gasteiger partial charge in [-0.15, -0.1) is 0 Å². The normalized spacial score (nSPS) is 18.2. The van der Waals surface area contributed by atoms with Gasteiger partial charge in [0.25, 0.3) is 0 Å². The molecule has 1 aliphatic carbocycles. The molecular weight excluding hydrogens is 280 g/mol. The summed E-state index contributed by atoms with van der Waals surface area (Å²) in [6.45, 7) is 1.68. The van der Waals surface area contributed by atoms with Crippen molar-refractivity contribution in [3.05, 3.63) is 30.5 Å². The molecule has 0 bridgehead atoms. The first-order valence-corrected chi connectivity index (χ1v) is 7.46. The highest BCUT2D eigenvalue weighted by atomic mass is 16.2. The summed E-state index contributed by atoms with van der Waals surface area (Å²) in [5.41, 5.74) is 2.77. The van der Waals surface area contributed by atoms with Gasteiger partial charge in [-0.3, -0.25) is 14.8 Å². The second kappa shape index (κ2) is 5.32. The number of hydrogen-bond donors (Lipinski definition) is 1. The topological polar surface area (TPSA) is 83.9 Å². The van der Waals surface area contributed by atoms with Gasteiger partial charge in [0.2, 0.25) is 11.9 Å². The van der Waals surface area contributed by atoms with Gasteiger partial charge in [0, 0.05) is 43.2 Å². The summed E-state index contributed by atoms with van der Waals surface area (Å²) < 4.78 is 0. The molecule has 2 aromatic heterocycles. The van der Waals surface area contributed by atoms with E-state index in [1.165, 1.54) is 0 Å². The lowest BCUT2D eigenvalue weighted by molar-refractivity contribution is -0.120. The molecule has 7 heteroatoms. The summed E-state index contributed by atoms with van der Waals surface area (Å²) >= 11 is 0. The molecule has 1 amide bonds. The zero-order valence-corrected chi connectivity index (χ0v) is 12.1. The number of nitrogens with one attached hydrogen (secondary N) is 1. The van der Waals surface area contributed by atoms with E-state index in [1.54, 1.807) is 18.6 Å². The number of rotatable bonds is 3. The van der Waals surface area contributed by atoms with Crippen LogP contribution in [-0.4, -0.2) is 45.5 Å². The van der Waals surface area contributed by atoms with Crippen molar-refractivity contribution < 1.29 is 4.79 Å². The Balaban J connectivity index is 1.71. The van der Waals surface area contributed by atoms with Crippen LogP contribution in [0.15, 0.2) is 24.8 Å². The van der Waals surface area contributed by atoms with E-state index in [9.17, 15) is 4.79 Å². The van der Waals surface area contributed by atoms with Crippen LogP contribution in [0, 0.1) is 0 Å². The van der Waals surface area contributed by atoms with Crippen LogP contribution >= 0.6 is 0 Å². The van der Waals surface area contributed by atoms with Crippen molar-refractivity contribution in [1.82, 2.24) is 25.3 Å². The molecule has 0 radical (unpaired) electrons. The Morgan fingerprint density at radius 1 is 1.18 bits per heavy atom. The fraction of sp³-hybridized carbons (Fsp3) is 0.400. The smallest absolute Gasteiger partial charge is 0.239 e. The number of nitrogens with zero attached hydrogens (tertiary/aromatic N) is 5. The van der Waals surface area contributed by atoms with Crippen LogP contribution in [0.25, 0.3) is 11.3 Å². The molecule has 2 aromatic rings. The maximum atomic E-state index is 11.5. The zero-order valence-electron chi connectivity index (χ0n) is 12.1. The third kappa shape index (κ3) is 2.49. The van der Waals surface area contributed by atoms with E-state index in [1.807, 2.05) is 11.1 Å². The molecule has 0 aromatic carbocycles. The van der Waals surface area contributed by atoms with Crippen LogP contribution in [0.4, 0.5) is 5.95 Å². The molecule has 22 heavy (non-hydrogen) atoms. The average molecular weight is 296 g/mol. The third-order valence-electron chi connectivity index (χ3n) is 3.93. The number of piperazine rings is 1. The number of anilines is 1. The Hall–Kier alpha value is -2.57. The van der Waals surface area contributed by atoms with Crippen LogP contribution in [0.1, 0.15) is 24.5 Å². The Morgan fingerprint density at radius 3 is 2.82 bits per heavy atom. The largest absolute Gasteiger partial charge is 0.353 e. The first-order chi connectivity index (χ1) is 10.8. The summed E-state index contributed by atoms with van der Waals surface area (Å²) in [5, 5.41) is 2.81.